The molecule has 0 aliphatic carbocycles. The van der Waals surface area contributed by atoms with E-state index in [2.05, 4.69) is 23.2 Å². The molecular weight excluding hydrogens is 404 g/mol. The number of benzene rings is 3. The lowest BCUT2D eigenvalue weighted by Crippen LogP contribution is -2.30. The third kappa shape index (κ3) is 4.21. The van der Waals surface area contributed by atoms with Crippen molar-refractivity contribution in [1.82, 2.24) is 9.88 Å². The van der Waals surface area contributed by atoms with Gasteiger partial charge in [-0.15, -0.1) is 0 Å². The van der Waals surface area contributed by atoms with Gasteiger partial charge in [0.1, 0.15) is 24.2 Å². The van der Waals surface area contributed by atoms with Crippen LogP contribution in [0.15, 0.2) is 66.7 Å². The fraction of sp³-hybridized carbons (Fsp3) is 0.269. The number of nitrogens with one attached hydrogen (secondary N) is 1. The van der Waals surface area contributed by atoms with E-state index < -0.39 is 0 Å². The van der Waals surface area contributed by atoms with Gasteiger partial charge in [0, 0.05) is 28.8 Å². The number of amides is 1. The molecule has 1 amide bonds. The largest absolute Gasteiger partial charge is 0.493 e. The molecule has 2 heterocycles. The molecule has 5 rings (SSSR count). The average Bonchev–Trinajstić information content (AvgIpc) is 3.34. The van der Waals surface area contributed by atoms with E-state index in [0.717, 1.165) is 28.1 Å². The molecule has 1 aromatic heterocycles. The molecule has 0 saturated carbocycles. The van der Waals surface area contributed by atoms with E-state index in [9.17, 15) is 4.79 Å². The van der Waals surface area contributed by atoms with Crippen LogP contribution in [0, 0.1) is 6.92 Å². The molecule has 1 atom stereocenters. The van der Waals surface area contributed by atoms with Crippen LogP contribution in [0.1, 0.15) is 12.0 Å². The van der Waals surface area contributed by atoms with Gasteiger partial charge < -0.3 is 24.1 Å². The summed E-state index contributed by atoms with van der Waals surface area (Å²) >= 11 is 0. The summed E-state index contributed by atoms with van der Waals surface area (Å²) in [6, 6.07) is 22.2. The zero-order chi connectivity index (χ0) is 21.9. The van der Waals surface area contributed by atoms with E-state index in [4.69, 9.17) is 14.2 Å². The highest BCUT2D eigenvalue weighted by atomic mass is 16.6. The van der Waals surface area contributed by atoms with E-state index in [1.165, 1.54) is 10.8 Å². The van der Waals surface area contributed by atoms with E-state index in [1.54, 1.807) is 4.90 Å². The molecule has 0 spiro atoms. The highest BCUT2D eigenvalue weighted by Crippen LogP contribution is 2.28. The van der Waals surface area contributed by atoms with Crippen LogP contribution in [-0.4, -0.2) is 48.4 Å². The molecule has 1 aliphatic heterocycles. The standard InChI is InChI=1S/C26H26N2O4/c1-18-6-2-5-9-25(18)31-15-13-28-17-20(32-26(28)29)12-14-30-19-10-11-22-21-7-3-4-8-23(21)27-24(22)16-19/h2-11,16,20,27H,12-15,17H2,1H3. The van der Waals surface area contributed by atoms with Gasteiger partial charge in [0.25, 0.3) is 0 Å². The molecule has 6 nitrogen and oxygen atoms in total. The molecule has 6 heteroatoms. The van der Waals surface area contributed by atoms with Crippen molar-refractivity contribution in [3.8, 4) is 11.5 Å². The zero-order valence-electron chi connectivity index (χ0n) is 18.0. The molecule has 1 saturated heterocycles. The zero-order valence-corrected chi connectivity index (χ0v) is 18.0. The number of carbonyl (C=O) groups is 1. The summed E-state index contributed by atoms with van der Waals surface area (Å²) in [4.78, 5) is 17.3. The highest BCUT2D eigenvalue weighted by Gasteiger charge is 2.30. The van der Waals surface area contributed by atoms with Crippen LogP contribution in [0.3, 0.4) is 0 Å². The van der Waals surface area contributed by atoms with Crippen molar-refractivity contribution in [2.24, 2.45) is 0 Å². The van der Waals surface area contributed by atoms with E-state index in [-0.39, 0.29) is 12.2 Å². The van der Waals surface area contributed by atoms with Crippen molar-refractivity contribution >= 4 is 27.9 Å². The van der Waals surface area contributed by atoms with Crippen LogP contribution in [0.25, 0.3) is 21.8 Å². The van der Waals surface area contributed by atoms with E-state index in [0.29, 0.717) is 32.7 Å². The first-order chi connectivity index (χ1) is 15.7. The Kier molecular flexibility index (Phi) is 5.58. The Morgan fingerprint density at radius 1 is 0.969 bits per heavy atom. The number of carbonyl (C=O) groups excluding carboxylic acids is 1. The number of hydrogen-bond donors (Lipinski definition) is 1. The van der Waals surface area contributed by atoms with E-state index in [1.807, 2.05) is 55.5 Å². The Morgan fingerprint density at radius 3 is 2.69 bits per heavy atom. The number of aromatic nitrogens is 1. The first kappa shape index (κ1) is 20.2. The first-order valence-electron chi connectivity index (χ1n) is 10.9. The number of aryl methyl sites for hydroxylation is 1. The van der Waals surface area contributed by atoms with Gasteiger partial charge in [-0.1, -0.05) is 36.4 Å². The van der Waals surface area contributed by atoms with Crippen LogP contribution in [-0.2, 0) is 4.74 Å². The molecular formula is C26H26N2O4. The van der Waals surface area contributed by atoms with Crippen LogP contribution < -0.4 is 9.47 Å². The summed E-state index contributed by atoms with van der Waals surface area (Å²) in [5.41, 5.74) is 3.25. The van der Waals surface area contributed by atoms with Crippen molar-refractivity contribution in [2.75, 3.05) is 26.3 Å². The second-order valence-corrected chi connectivity index (χ2v) is 8.08. The molecule has 4 aromatic rings. The lowest BCUT2D eigenvalue weighted by molar-refractivity contribution is 0.119. The van der Waals surface area contributed by atoms with Gasteiger partial charge in [0.05, 0.1) is 25.2 Å². The monoisotopic (exact) mass is 430 g/mol. The van der Waals surface area contributed by atoms with Crippen LogP contribution in [0.5, 0.6) is 11.5 Å². The van der Waals surface area contributed by atoms with Crippen molar-refractivity contribution < 1.29 is 19.0 Å². The Bertz CT molecular complexity index is 1250. The van der Waals surface area contributed by atoms with Gasteiger partial charge >= 0.3 is 6.09 Å². The van der Waals surface area contributed by atoms with Crippen molar-refractivity contribution in [3.05, 3.63) is 72.3 Å². The summed E-state index contributed by atoms with van der Waals surface area (Å²) in [6.07, 6.45) is 0.187. The number of fused-ring (bicyclic) bond motifs is 3. The van der Waals surface area contributed by atoms with Crippen LogP contribution >= 0.6 is 0 Å². The predicted octanol–water partition coefficient (Wildman–Crippen LogP) is 5.30. The minimum absolute atomic E-state index is 0.169. The Labute approximate surface area is 186 Å². The number of nitrogens with zero attached hydrogens (tertiary/aromatic N) is 1. The molecule has 1 unspecified atom stereocenters. The fourth-order valence-electron chi connectivity index (χ4n) is 4.12. The maximum absolute atomic E-state index is 12.2. The van der Waals surface area contributed by atoms with Gasteiger partial charge in [-0.3, -0.25) is 0 Å². The second-order valence-electron chi connectivity index (χ2n) is 8.08. The fourth-order valence-corrected chi connectivity index (χ4v) is 4.12. The lowest BCUT2D eigenvalue weighted by atomic mass is 10.1. The van der Waals surface area contributed by atoms with Crippen molar-refractivity contribution in [1.29, 1.82) is 0 Å². The van der Waals surface area contributed by atoms with Crippen LogP contribution in [0.4, 0.5) is 4.79 Å². The van der Waals surface area contributed by atoms with Gasteiger partial charge in [0.2, 0.25) is 0 Å². The second kappa shape index (κ2) is 8.83. The molecule has 3 aromatic carbocycles. The van der Waals surface area contributed by atoms with E-state index >= 15 is 0 Å². The SMILES string of the molecule is Cc1ccccc1OCCN1CC(CCOc2ccc3c(c2)[nH]c2ccccc23)OC1=O. The number of para-hydroxylation sites is 2. The Balaban J connectivity index is 1.10. The first-order valence-corrected chi connectivity index (χ1v) is 10.9. The third-order valence-corrected chi connectivity index (χ3v) is 5.85. The molecule has 1 fully saturated rings. The Morgan fingerprint density at radius 2 is 1.78 bits per heavy atom. The maximum atomic E-state index is 12.2. The predicted molar refractivity (Wildman–Crippen MR) is 124 cm³/mol. The molecule has 32 heavy (non-hydrogen) atoms. The van der Waals surface area contributed by atoms with Crippen LogP contribution in [0.2, 0.25) is 0 Å². The average molecular weight is 431 g/mol. The smallest absolute Gasteiger partial charge is 0.410 e. The maximum Gasteiger partial charge on any atom is 0.410 e. The van der Waals surface area contributed by atoms with Gasteiger partial charge in [-0.2, -0.15) is 0 Å². The van der Waals surface area contributed by atoms with Crippen molar-refractivity contribution in [2.45, 2.75) is 19.4 Å². The summed E-state index contributed by atoms with van der Waals surface area (Å²) in [6.45, 7) is 3.98. The molecule has 1 N–H and O–H groups in total. The quantitative estimate of drug-likeness (QED) is 0.412. The molecule has 1 aliphatic rings. The number of rotatable bonds is 8. The number of hydrogen-bond acceptors (Lipinski definition) is 4. The minimum Gasteiger partial charge on any atom is -0.493 e. The van der Waals surface area contributed by atoms with Gasteiger partial charge in [-0.25, -0.2) is 4.79 Å². The lowest BCUT2D eigenvalue weighted by Gasteiger charge is -2.14. The van der Waals surface area contributed by atoms with Gasteiger partial charge in [-0.05, 0) is 36.8 Å². The summed E-state index contributed by atoms with van der Waals surface area (Å²) in [7, 11) is 0. The molecule has 164 valence electrons. The summed E-state index contributed by atoms with van der Waals surface area (Å²) in [5, 5.41) is 2.39. The topological polar surface area (TPSA) is 63.8 Å². The Hall–Kier alpha value is -3.67. The number of ether oxygens (including phenoxy) is 3. The van der Waals surface area contributed by atoms with Gasteiger partial charge in [0.15, 0.2) is 0 Å². The number of cyclic esters (lactones) is 1. The number of H-pyrrole nitrogens is 1. The normalized spacial score (nSPS) is 16.0. The highest BCUT2D eigenvalue weighted by molar-refractivity contribution is 6.07. The third-order valence-electron chi connectivity index (χ3n) is 5.85. The molecule has 0 bridgehead atoms. The summed E-state index contributed by atoms with van der Waals surface area (Å²) in [5.74, 6) is 1.65. The number of aromatic amines is 1. The molecule has 0 radical (unpaired) electrons. The summed E-state index contributed by atoms with van der Waals surface area (Å²) < 4.78 is 17.2. The minimum atomic E-state index is -0.289. The van der Waals surface area contributed by atoms with Crippen molar-refractivity contribution in [3.63, 3.8) is 0 Å².